The molecule has 0 spiro atoms. The molecule has 0 aliphatic carbocycles. The van der Waals surface area contributed by atoms with Crippen molar-refractivity contribution in [3.05, 3.63) is 63.9 Å². The molecule has 2 aromatic rings. The highest BCUT2D eigenvalue weighted by molar-refractivity contribution is 6.33. The minimum absolute atomic E-state index is 0.0816. The highest BCUT2D eigenvalue weighted by Crippen LogP contribution is 2.21. The first kappa shape index (κ1) is 15.0. The van der Waals surface area contributed by atoms with Gasteiger partial charge in [0.15, 0.2) is 0 Å². The number of halogens is 2. The molecule has 0 aromatic heterocycles. The van der Waals surface area contributed by atoms with E-state index in [4.69, 9.17) is 16.7 Å². The van der Waals surface area contributed by atoms with Crippen molar-refractivity contribution < 1.29 is 19.1 Å². The second-order valence-corrected chi connectivity index (χ2v) is 4.83. The third-order valence-electron chi connectivity index (χ3n) is 2.87. The topological polar surface area (TPSA) is 66.4 Å². The smallest absolute Gasteiger partial charge is 0.337 e. The Morgan fingerprint density at radius 3 is 2.52 bits per heavy atom. The number of amides is 1. The van der Waals surface area contributed by atoms with Gasteiger partial charge in [-0.25, -0.2) is 9.18 Å². The minimum Gasteiger partial charge on any atom is -0.478 e. The van der Waals surface area contributed by atoms with Gasteiger partial charge in [-0.3, -0.25) is 4.79 Å². The summed E-state index contributed by atoms with van der Waals surface area (Å²) in [5.74, 6) is -2.04. The number of hydrogen-bond donors (Lipinski definition) is 2. The van der Waals surface area contributed by atoms with Crippen LogP contribution < -0.4 is 5.32 Å². The van der Waals surface area contributed by atoms with E-state index in [0.29, 0.717) is 11.3 Å². The number of carbonyl (C=O) groups is 2. The van der Waals surface area contributed by atoms with Gasteiger partial charge in [0.2, 0.25) is 0 Å². The number of carboxylic acids is 1. The molecule has 0 aliphatic rings. The molecule has 0 aliphatic heterocycles. The van der Waals surface area contributed by atoms with Gasteiger partial charge in [0.1, 0.15) is 5.82 Å². The van der Waals surface area contributed by atoms with Crippen LogP contribution in [0.3, 0.4) is 0 Å². The van der Waals surface area contributed by atoms with Crippen LogP contribution in [0.25, 0.3) is 0 Å². The molecule has 0 unspecified atom stereocenters. The van der Waals surface area contributed by atoms with Crippen LogP contribution in [0.5, 0.6) is 0 Å². The van der Waals surface area contributed by atoms with Gasteiger partial charge in [0.25, 0.3) is 5.91 Å². The molecule has 2 aromatic carbocycles. The van der Waals surface area contributed by atoms with Crippen LogP contribution in [-0.4, -0.2) is 17.0 Å². The van der Waals surface area contributed by atoms with E-state index in [1.165, 1.54) is 36.4 Å². The van der Waals surface area contributed by atoms with Gasteiger partial charge in [-0.1, -0.05) is 11.6 Å². The van der Waals surface area contributed by atoms with E-state index in [9.17, 15) is 14.0 Å². The maximum absolute atomic E-state index is 13.2. The number of nitrogens with one attached hydrogen (secondary N) is 1. The van der Waals surface area contributed by atoms with Crippen molar-refractivity contribution in [2.24, 2.45) is 0 Å². The molecular weight excluding hydrogens is 297 g/mol. The van der Waals surface area contributed by atoms with Crippen LogP contribution in [0.15, 0.2) is 36.4 Å². The lowest BCUT2D eigenvalue weighted by molar-refractivity contribution is 0.0696. The van der Waals surface area contributed by atoms with Crippen molar-refractivity contribution in [3.63, 3.8) is 0 Å². The molecule has 2 N–H and O–H groups in total. The Balaban J connectivity index is 2.25. The molecule has 4 nitrogen and oxygen atoms in total. The van der Waals surface area contributed by atoms with Gasteiger partial charge in [0.05, 0.1) is 10.6 Å². The quantitative estimate of drug-likeness (QED) is 0.907. The lowest BCUT2D eigenvalue weighted by atomic mass is 10.1. The molecule has 0 saturated carbocycles. The Labute approximate surface area is 125 Å². The van der Waals surface area contributed by atoms with Crippen molar-refractivity contribution >= 4 is 29.2 Å². The van der Waals surface area contributed by atoms with E-state index < -0.39 is 17.7 Å². The van der Waals surface area contributed by atoms with Crippen LogP contribution in [0.2, 0.25) is 5.02 Å². The van der Waals surface area contributed by atoms with Crippen molar-refractivity contribution in [2.75, 3.05) is 5.32 Å². The SMILES string of the molecule is Cc1cc(C(=O)Nc2ccc(Cl)c(C(=O)O)c2)ccc1F. The average molecular weight is 308 g/mol. The largest absolute Gasteiger partial charge is 0.478 e. The predicted molar refractivity (Wildman–Crippen MR) is 77.5 cm³/mol. The summed E-state index contributed by atoms with van der Waals surface area (Å²) in [7, 11) is 0. The summed E-state index contributed by atoms with van der Waals surface area (Å²) in [5.41, 5.74) is 0.819. The molecule has 2 rings (SSSR count). The molecule has 0 atom stereocenters. The summed E-state index contributed by atoms with van der Waals surface area (Å²) in [6, 6.07) is 8.11. The number of benzene rings is 2. The fraction of sp³-hybridized carbons (Fsp3) is 0.0667. The molecular formula is C15H11ClFNO3. The molecule has 0 saturated heterocycles. The molecule has 21 heavy (non-hydrogen) atoms. The molecule has 0 radical (unpaired) electrons. The zero-order chi connectivity index (χ0) is 15.6. The summed E-state index contributed by atoms with van der Waals surface area (Å²) in [5, 5.41) is 11.6. The third kappa shape index (κ3) is 3.38. The summed E-state index contributed by atoms with van der Waals surface area (Å²) in [6.07, 6.45) is 0. The Morgan fingerprint density at radius 2 is 1.90 bits per heavy atom. The van der Waals surface area contributed by atoms with Crippen molar-refractivity contribution in [1.82, 2.24) is 0 Å². The Hall–Kier alpha value is -2.40. The first-order chi connectivity index (χ1) is 9.88. The van der Waals surface area contributed by atoms with Gasteiger partial charge in [0, 0.05) is 11.3 Å². The Bertz CT molecular complexity index is 731. The second-order valence-electron chi connectivity index (χ2n) is 4.42. The molecule has 0 heterocycles. The summed E-state index contributed by atoms with van der Waals surface area (Å²) in [4.78, 5) is 23.0. The number of carboxylic acid groups (broad SMARTS) is 1. The summed E-state index contributed by atoms with van der Waals surface area (Å²) in [6.45, 7) is 1.55. The van der Waals surface area contributed by atoms with Crippen LogP contribution in [0.4, 0.5) is 10.1 Å². The van der Waals surface area contributed by atoms with Crippen LogP contribution in [-0.2, 0) is 0 Å². The molecule has 0 bridgehead atoms. The molecule has 0 fully saturated rings. The number of hydrogen-bond acceptors (Lipinski definition) is 2. The monoisotopic (exact) mass is 307 g/mol. The lowest BCUT2D eigenvalue weighted by Crippen LogP contribution is -2.13. The van der Waals surface area contributed by atoms with Gasteiger partial charge in [-0.05, 0) is 48.9 Å². The van der Waals surface area contributed by atoms with Gasteiger partial charge < -0.3 is 10.4 Å². The van der Waals surface area contributed by atoms with E-state index in [0.717, 1.165) is 0 Å². The maximum atomic E-state index is 13.2. The first-order valence-corrected chi connectivity index (χ1v) is 6.36. The lowest BCUT2D eigenvalue weighted by Gasteiger charge is -2.08. The summed E-state index contributed by atoms with van der Waals surface area (Å²) < 4.78 is 13.2. The van der Waals surface area contributed by atoms with Crippen LogP contribution in [0.1, 0.15) is 26.3 Å². The average Bonchev–Trinajstić information content (AvgIpc) is 2.43. The Morgan fingerprint density at radius 1 is 1.19 bits per heavy atom. The highest BCUT2D eigenvalue weighted by atomic mass is 35.5. The number of carbonyl (C=O) groups excluding carboxylic acids is 1. The fourth-order valence-electron chi connectivity index (χ4n) is 1.76. The summed E-state index contributed by atoms with van der Waals surface area (Å²) >= 11 is 5.75. The third-order valence-corrected chi connectivity index (χ3v) is 3.20. The van der Waals surface area contributed by atoms with Gasteiger partial charge >= 0.3 is 5.97 Å². The van der Waals surface area contributed by atoms with Gasteiger partial charge in [-0.2, -0.15) is 0 Å². The van der Waals surface area contributed by atoms with Crippen LogP contribution >= 0.6 is 11.6 Å². The van der Waals surface area contributed by atoms with Crippen molar-refractivity contribution in [2.45, 2.75) is 6.92 Å². The van der Waals surface area contributed by atoms with E-state index in [2.05, 4.69) is 5.32 Å². The Kier molecular flexibility index (Phi) is 4.23. The first-order valence-electron chi connectivity index (χ1n) is 5.99. The normalized spacial score (nSPS) is 10.2. The zero-order valence-electron chi connectivity index (χ0n) is 11.0. The van der Waals surface area contributed by atoms with Crippen molar-refractivity contribution in [1.29, 1.82) is 0 Å². The van der Waals surface area contributed by atoms with E-state index in [1.54, 1.807) is 6.92 Å². The van der Waals surface area contributed by atoms with Gasteiger partial charge in [-0.15, -0.1) is 0 Å². The number of aryl methyl sites for hydroxylation is 1. The minimum atomic E-state index is -1.19. The number of aromatic carboxylic acids is 1. The number of anilines is 1. The van der Waals surface area contributed by atoms with E-state index in [1.807, 2.05) is 0 Å². The second kappa shape index (κ2) is 5.93. The molecule has 6 heteroatoms. The van der Waals surface area contributed by atoms with Crippen LogP contribution in [0, 0.1) is 12.7 Å². The number of rotatable bonds is 3. The highest BCUT2D eigenvalue weighted by Gasteiger charge is 2.12. The standard InChI is InChI=1S/C15H11ClFNO3/c1-8-6-9(2-5-13(8)17)14(19)18-10-3-4-12(16)11(7-10)15(20)21/h2-7H,1H3,(H,18,19)(H,20,21). The van der Waals surface area contributed by atoms with E-state index >= 15 is 0 Å². The molecule has 108 valence electrons. The van der Waals surface area contributed by atoms with Crippen molar-refractivity contribution in [3.8, 4) is 0 Å². The maximum Gasteiger partial charge on any atom is 0.337 e. The molecule has 1 amide bonds. The zero-order valence-corrected chi connectivity index (χ0v) is 11.7. The fourth-order valence-corrected chi connectivity index (χ4v) is 1.95. The van der Waals surface area contributed by atoms with E-state index in [-0.39, 0.29) is 16.1 Å². The predicted octanol–water partition coefficient (Wildman–Crippen LogP) is 3.74.